The molecule has 0 aliphatic carbocycles. The van der Waals surface area contributed by atoms with Crippen molar-refractivity contribution in [1.29, 1.82) is 0 Å². The van der Waals surface area contributed by atoms with Gasteiger partial charge in [0.25, 0.3) is 5.91 Å². The molecule has 0 unspecified atom stereocenters. The van der Waals surface area contributed by atoms with Gasteiger partial charge in [-0.15, -0.1) is 10.2 Å². The molecule has 2 aromatic heterocycles. The number of hydrogen-bond donors (Lipinski definition) is 1. The lowest BCUT2D eigenvalue weighted by atomic mass is 10.2. The van der Waals surface area contributed by atoms with Crippen LogP contribution in [0.4, 0.5) is 11.4 Å². The van der Waals surface area contributed by atoms with Crippen molar-refractivity contribution < 1.29 is 18.7 Å². The van der Waals surface area contributed by atoms with E-state index in [1.54, 1.807) is 18.4 Å². The molecule has 9 nitrogen and oxygen atoms in total. The van der Waals surface area contributed by atoms with E-state index in [1.165, 1.54) is 11.8 Å². The topological polar surface area (TPSA) is 102 Å². The number of amides is 1. The first-order valence-electron chi connectivity index (χ1n) is 10.5. The molecular weight excluding hydrogens is 430 g/mol. The fourth-order valence-electron chi connectivity index (χ4n) is 3.12. The zero-order valence-corrected chi connectivity index (χ0v) is 19.2. The van der Waals surface area contributed by atoms with Gasteiger partial charge in [0.1, 0.15) is 0 Å². The van der Waals surface area contributed by atoms with E-state index in [0.717, 1.165) is 18.8 Å². The Morgan fingerprint density at radius 1 is 1.12 bits per heavy atom. The number of nitrogens with zero attached hydrogens (tertiary/aromatic N) is 4. The zero-order valence-electron chi connectivity index (χ0n) is 18.4. The minimum absolute atomic E-state index is 0.0160. The van der Waals surface area contributed by atoms with E-state index in [0.29, 0.717) is 29.0 Å². The first-order chi connectivity index (χ1) is 15.5. The number of benzene rings is 1. The fraction of sp³-hybridized carbons (Fsp3) is 0.364. The van der Waals surface area contributed by atoms with Crippen molar-refractivity contribution in [3.63, 3.8) is 0 Å². The van der Waals surface area contributed by atoms with Crippen LogP contribution in [-0.4, -0.2) is 52.1 Å². The second kappa shape index (κ2) is 11.4. The highest BCUT2D eigenvalue weighted by atomic mass is 32.2. The van der Waals surface area contributed by atoms with Crippen LogP contribution in [-0.2, 0) is 20.9 Å². The Bertz CT molecular complexity index is 1010. The number of hydrogen-bond acceptors (Lipinski definition) is 8. The lowest BCUT2D eigenvalue weighted by Crippen LogP contribution is -2.22. The molecule has 0 spiro atoms. The lowest BCUT2D eigenvalue weighted by molar-refractivity contribution is -0.144. The number of esters is 1. The standard InChI is InChI=1S/C22H27N5O4S/c1-4-26(5-2)17-11-9-16(10-12-17)23-19(28)14-31-20(29)15-32-22-25-24-21(27(22)6-3)18-8-7-13-30-18/h7-13H,4-6,14-15H2,1-3H3,(H,23,28). The zero-order chi connectivity index (χ0) is 22.9. The molecule has 0 atom stereocenters. The maximum Gasteiger partial charge on any atom is 0.316 e. The quantitative estimate of drug-likeness (QED) is 0.344. The van der Waals surface area contributed by atoms with Crippen LogP contribution in [0.25, 0.3) is 11.6 Å². The van der Waals surface area contributed by atoms with Crippen molar-refractivity contribution in [2.24, 2.45) is 0 Å². The van der Waals surface area contributed by atoms with E-state index in [9.17, 15) is 9.59 Å². The normalized spacial score (nSPS) is 10.7. The van der Waals surface area contributed by atoms with E-state index in [4.69, 9.17) is 9.15 Å². The van der Waals surface area contributed by atoms with Crippen molar-refractivity contribution in [3.05, 3.63) is 42.7 Å². The summed E-state index contributed by atoms with van der Waals surface area (Å²) in [7, 11) is 0. The van der Waals surface area contributed by atoms with E-state index >= 15 is 0 Å². The molecule has 0 fully saturated rings. The number of anilines is 2. The van der Waals surface area contributed by atoms with E-state index in [1.807, 2.05) is 35.8 Å². The highest BCUT2D eigenvalue weighted by Crippen LogP contribution is 2.24. The van der Waals surface area contributed by atoms with Crippen molar-refractivity contribution in [2.45, 2.75) is 32.5 Å². The molecule has 3 aromatic rings. The Hall–Kier alpha value is -3.27. The van der Waals surface area contributed by atoms with Crippen LogP contribution in [0.2, 0.25) is 0 Å². The van der Waals surface area contributed by atoms with E-state index in [2.05, 4.69) is 34.3 Å². The Morgan fingerprint density at radius 2 is 1.88 bits per heavy atom. The van der Waals surface area contributed by atoms with Crippen molar-refractivity contribution in [2.75, 3.05) is 35.7 Å². The van der Waals surface area contributed by atoms with Gasteiger partial charge in [-0.05, 0) is 57.2 Å². The fourth-order valence-corrected chi connectivity index (χ4v) is 3.92. The average Bonchev–Trinajstić information content (AvgIpc) is 3.47. The lowest BCUT2D eigenvalue weighted by Gasteiger charge is -2.21. The van der Waals surface area contributed by atoms with Crippen LogP contribution in [0.5, 0.6) is 0 Å². The van der Waals surface area contributed by atoms with Gasteiger partial charge >= 0.3 is 5.97 Å². The Morgan fingerprint density at radius 3 is 2.50 bits per heavy atom. The van der Waals surface area contributed by atoms with E-state index in [-0.39, 0.29) is 12.4 Å². The summed E-state index contributed by atoms with van der Waals surface area (Å²) in [4.78, 5) is 26.4. The smallest absolute Gasteiger partial charge is 0.316 e. The molecule has 0 aliphatic rings. The van der Waals surface area contributed by atoms with Crippen molar-refractivity contribution in [3.8, 4) is 11.6 Å². The van der Waals surface area contributed by atoms with Crippen molar-refractivity contribution in [1.82, 2.24) is 14.8 Å². The van der Waals surface area contributed by atoms with Gasteiger partial charge in [-0.25, -0.2) is 0 Å². The molecular formula is C22H27N5O4S. The number of carbonyl (C=O) groups is 2. The molecule has 0 saturated heterocycles. The largest absolute Gasteiger partial charge is 0.461 e. The molecule has 3 rings (SSSR count). The summed E-state index contributed by atoms with van der Waals surface area (Å²) in [6.45, 7) is 8.23. The third-order valence-corrected chi connectivity index (χ3v) is 5.68. The highest BCUT2D eigenvalue weighted by Gasteiger charge is 2.17. The monoisotopic (exact) mass is 457 g/mol. The molecule has 0 bridgehead atoms. The summed E-state index contributed by atoms with van der Waals surface area (Å²) in [5.74, 6) is 0.320. The molecule has 1 amide bonds. The highest BCUT2D eigenvalue weighted by molar-refractivity contribution is 7.99. The second-order valence-corrected chi connectivity index (χ2v) is 7.69. The molecule has 10 heteroatoms. The van der Waals surface area contributed by atoms with Gasteiger partial charge in [0, 0.05) is 31.0 Å². The number of carbonyl (C=O) groups excluding carboxylic acids is 2. The van der Waals surface area contributed by atoms with Gasteiger partial charge < -0.3 is 19.4 Å². The summed E-state index contributed by atoms with van der Waals surface area (Å²) in [6.07, 6.45) is 1.57. The average molecular weight is 458 g/mol. The number of thioether (sulfide) groups is 1. The van der Waals surface area contributed by atoms with Gasteiger partial charge in [-0.1, -0.05) is 11.8 Å². The number of nitrogens with one attached hydrogen (secondary N) is 1. The van der Waals surface area contributed by atoms with Crippen LogP contribution in [0.1, 0.15) is 20.8 Å². The van der Waals surface area contributed by atoms with Gasteiger partial charge in [0.2, 0.25) is 0 Å². The molecule has 0 radical (unpaired) electrons. The predicted octanol–water partition coefficient (Wildman–Crippen LogP) is 3.68. The van der Waals surface area contributed by atoms with Gasteiger partial charge in [-0.3, -0.25) is 14.2 Å². The summed E-state index contributed by atoms with van der Waals surface area (Å²) in [5, 5.41) is 11.6. The van der Waals surface area contributed by atoms with Crippen molar-refractivity contribution >= 4 is 35.0 Å². The molecule has 2 heterocycles. The predicted molar refractivity (Wildman–Crippen MR) is 124 cm³/mol. The van der Waals surface area contributed by atoms with Crippen LogP contribution in [0.3, 0.4) is 0 Å². The van der Waals surface area contributed by atoms with Crippen LogP contribution < -0.4 is 10.2 Å². The van der Waals surface area contributed by atoms with Gasteiger partial charge in [0.15, 0.2) is 23.3 Å². The van der Waals surface area contributed by atoms with Crippen LogP contribution in [0.15, 0.2) is 52.2 Å². The Balaban J connectivity index is 1.45. The molecule has 0 saturated carbocycles. The third-order valence-electron chi connectivity index (χ3n) is 4.74. The summed E-state index contributed by atoms with van der Waals surface area (Å²) in [5.41, 5.74) is 1.74. The van der Waals surface area contributed by atoms with Crippen LogP contribution >= 0.6 is 11.8 Å². The molecule has 1 aromatic carbocycles. The third kappa shape index (κ3) is 5.91. The van der Waals surface area contributed by atoms with E-state index < -0.39 is 11.9 Å². The Labute approximate surface area is 191 Å². The molecule has 170 valence electrons. The van der Waals surface area contributed by atoms with Crippen LogP contribution in [0, 0.1) is 0 Å². The first kappa shape index (κ1) is 23.4. The molecule has 0 aliphatic heterocycles. The number of ether oxygens (including phenoxy) is 1. The maximum absolute atomic E-state index is 12.1. The molecule has 1 N–H and O–H groups in total. The number of aromatic nitrogens is 3. The summed E-state index contributed by atoms with van der Waals surface area (Å²) in [6, 6.07) is 11.1. The SMILES string of the molecule is CCN(CC)c1ccc(NC(=O)COC(=O)CSc2nnc(-c3ccco3)n2CC)cc1. The minimum Gasteiger partial charge on any atom is -0.461 e. The second-order valence-electron chi connectivity index (χ2n) is 6.74. The maximum atomic E-state index is 12.1. The summed E-state index contributed by atoms with van der Waals surface area (Å²) >= 11 is 1.20. The van der Waals surface area contributed by atoms with Gasteiger partial charge in [-0.2, -0.15) is 0 Å². The minimum atomic E-state index is -0.507. The Kier molecular flexibility index (Phi) is 8.32. The number of furan rings is 1. The molecule has 32 heavy (non-hydrogen) atoms. The summed E-state index contributed by atoms with van der Waals surface area (Å²) < 4.78 is 12.3. The first-order valence-corrected chi connectivity index (χ1v) is 11.4. The number of rotatable bonds is 11. The van der Waals surface area contributed by atoms with Gasteiger partial charge in [0.05, 0.1) is 12.0 Å².